The molecule has 1 aromatic carbocycles. The van der Waals surface area contributed by atoms with Crippen molar-refractivity contribution in [2.24, 2.45) is 5.73 Å². The zero-order valence-electron chi connectivity index (χ0n) is 12.3. The first-order valence-corrected chi connectivity index (χ1v) is 6.43. The summed E-state index contributed by atoms with van der Waals surface area (Å²) in [6, 6.07) is 3.52. The minimum Gasteiger partial charge on any atom is -0.480 e. The van der Waals surface area contributed by atoms with Crippen LogP contribution in [0.5, 0.6) is 5.75 Å². The largest absolute Gasteiger partial charge is 0.480 e. The SMILES string of the molecule is CC(C)(C)NCc1cccc(F)c1OCC(=O)NC(N)=O. The summed E-state index contributed by atoms with van der Waals surface area (Å²) in [5, 5.41) is 5.05. The van der Waals surface area contributed by atoms with Crippen LogP contribution in [0.1, 0.15) is 26.3 Å². The number of nitrogens with two attached hydrogens (primary N) is 1. The van der Waals surface area contributed by atoms with Crippen molar-refractivity contribution in [3.8, 4) is 5.75 Å². The maximum Gasteiger partial charge on any atom is 0.318 e. The zero-order chi connectivity index (χ0) is 16.0. The summed E-state index contributed by atoms with van der Waals surface area (Å²) in [7, 11) is 0. The van der Waals surface area contributed by atoms with Crippen LogP contribution in [-0.2, 0) is 11.3 Å². The van der Waals surface area contributed by atoms with Crippen molar-refractivity contribution in [1.29, 1.82) is 0 Å². The predicted molar refractivity (Wildman–Crippen MR) is 76.2 cm³/mol. The molecule has 0 aliphatic rings. The smallest absolute Gasteiger partial charge is 0.318 e. The normalized spacial score (nSPS) is 11.0. The van der Waals surface area contributed by atoms with Gasteiger partial charge in [-0.15, -0.1) is 0 Å². The van der Waals surface area contributed by atoms with Crippen molar-refractivity contribution in [1.82, 2.24) is 10.6 Å². The molecule has 0 saturated heterocycles. The van der Waals surface area contributed by atoms with E-state index in [-0.39, 0.29) is 11.3 Å². The highest BCUT2D eigenvalue weighted by atomic mass is 19.1. The van der Waals surface area contributed by atoms with Crippen molar-refractivity contribution in [3.63, 3.8) is 0 Å². The highest BCUT2D eigenvalue weighted by molar-refractivity contribution is 5.94. The Hall–Kier alpha value is -2.15. The molecule has 0 atom stereocenters. The molecule has 116 valence electrons. The van der Waals surface area contributed by atoms with Gasteiger partial charge >= 0.3 is 6.03 Å². The molecule has 0 spiro atoms. The number of ether oxygens (including phenoxy) is 1. The standard InChI is InChI=1S/C14H20FN3O3/c1-14(2,3)17-7-9-5-4-6-10(15)12(9)21-8-11(19)18-13(16)20/h4-6,17H,7-8H2,1-3H3,(H3,16,18,19,20). The van der Waals surface area contributed by atoms with E-state index in [0.717, 1.165) is 0 Å². The summed E-state index contributed by atoms with van der Waals surface area (Å²) in [4.78, 5) is 21.8. The first kappa shape index (κ1) is 16.9. The van der Waals surface area contributed by atoms with Crippen LogP contribution in [0, 0.1) is 5.82 Å². The summed E-state index contributed by atoms with van der Waals surface area (Å²) < 4.78 is 19.0. The number of benzene rings is 1. The Morgan fingerprint density at radius 3 is 2.57 bits per heavy atom. The maximum absolute atomic E-state index is 13.8. The zero-order valence-corrected chi connectivity index (χ0v) is 12.3. The molecular weight excluding hydrogens is 277 g/mol. The van der Waals surface area contributed by atoms with Gasteiger partial charge in [-0.1, -0.05) is 12.1 Å². The Kier molecular flexibility index (Phi) is 5.66. The number of rotatable bonds is 5. The van der Waals surface area contributed by atoms with Gasteiger partial charge < -0.3 is 15.8 Å². The number of carbonyl (C=O) groups is 2. The minimum absolute atomic E-state index is 0.0196. The Morgan fingerprint density at radius 2 is 2.00 bits per heavy atom. The minimum atomic E-state index is -0.980. The van der Waals surface area contributed by atoms with Crippen LogP contribution >= 0.6 is 0 Å². The molecule has 0 unspecified atom stereocenters. The molecule has 3 amide bonds. The van der Waals surface area contributed by atoms with Crippen molar-refractivity contribution in [2.75, 3.05) is 6.61 Å². The third-order valence-electron chi connectivity index (χ3n) is 2.47. The van der Waals surface area contributed by atoms with Gasteiger partial charge in [-0.25, -0.2) is 9.18 Å². The van der Waals surface area contributed by atoms with E-state index in [4.69, 9.17) is 10.5 Å². The second-order valence-corrected chi connectivity index (χ2v) is 5.53. The van der Waals surface area contributed by atoms with Gasteiger partial charge in [0, 0.05) is 17.6 Å². The summed E-state index contributed by atoms with van der Waals surface area (Å²) in [6.07, 6.45) is 0. The number of nitrogens with one attached hydrogen (secondary N) is 2. The number of halogens is 1. The van der Waals surface area contributed by atoms with Gasteiger partial charge in [0.15, 0.2) is 18.2 Å². The van der Waals surface area contributed by atoms with Crippen LogP contribution in [0.3, 0.4) is 0 Å². The summed E-state index contributed by atoms with van der Waals surface area (Å²) >= 11 is 0. The van der Waals surface area contributed by atoms with Crippen LogP contribution < -0.4 is 21.1 Å². The first-order chi connectivity index (χ1) is 9.69. The van der Waals surface area contributed by atoms with Crippen LogP contribution in [-0.4, -0.2) is 24.1 Å². The molecule has 21 heavy (non-hydrogen) atoms. The lowest BCUT2D eigenvalue weighted by Crippen LogP contribution is -2.38. The number of primary amides is 1. The van der Waals surface area contributed by atoms with Crippen LogP contribution in [0.2, 0.25) is 0 Å². The third kappa shape index (κ3) is 6.22. The monoisotopic (exact) mass is 297 g/mol. The van der Waals surface area contributed by atoms with E-state index in [1.54, 1.807) is 12.1 Å². The molecule has 1 aromatic rings. The number of carbonyl (C=O) groups excluding carboxylic acids is 2. The van der Waals surface area contributed by atoms with Gasteiger partial charge in [-0.2, -0.15) is 0 Å². The van der Waals surface area contributed by atoms with E-state index < -0.39 is 24.4 Å². The molecule has 0 aromatic heterocycles. The molecule has 0 fully saturated rings. The van der Waals surface area contributed by atoms with Gasteiger partial charge in [0.1, 0.15) is 0 Å². The molecule has 6 nitrogen and oxygen atoms in total. The van der Waals surface area contributed by atoms with Crippen LogP contribution in [0.25, 0.3) is 0 Å². The molecule has 1 rings (SSSR count). The Morgan fingerprint density at radius 1 is 1.33 bits per heavy atom. The van der Waals surface area contributed by atoms with Crippen molar-refractivity contribution < 1.29 is 18.7 Å². The van der Waals surface area contributed by atoms with E-state index >= 15 is 0 Å². The number of urea groups is 1. The fourth-order valence-corrected chi connectivity index (χ4v) is 1.53. The number of hydrogen-bond acceptors (Lipinski definition) is 4. The lowest BCUT2D eigenvalue weighted by atomic mass is 10.1. The van der Waals surface area contributed by atoms with E-state index in [9.17, 15) is 14.0 Å². The van der Waals surface area contributed by atoms with E-state index in [1.165, 1.54) is 6.07 Å². The predicted octanol–water partition coefficient (Wildman–Crippen LogP) is 1.29. The summed E-state index contributed by atoms with van der Waals surface area (Å²) in [6.45, 7) is 5.83. The second-order valence-electron chi connectivity index (χ2n) is 5.53. The quantitative estimate of drug-likeness (QED) is 0.763. The fraction of sp³-hybridized carbons (Fsp3) is 0.429. The first-order valence-electron chi connectivity index (χ1n) is 6.43. The number of imide groups is 1. The highest BCUT2D eigenvalue weighted by Gasteiger charge is 2.15. The van der Waals surface area contributed by atoms with Gasteiger partial charge in [0.05, 0.1) is 0 Å². The van der Waals surface area contributed by atoms with Crippen LogP contribution in [0.15, 0.2) is 18.2 Å². The van der Waals surface area contributed by atoms with Gasteiger partial charge in [-0.3, -0.25) is 10.1 Å². The molecule has 0 saturated carbocycles. The van der Waals surface area contributed by atoms with Gasteiger partial charge in [0.25, 0.3) is 5.91 Å². The lowest BCUT2D eigenvalue weighted by Gasteiger charge is -2.21. The van der Waals surface area contributed by atoms with E-state index in [2.05, 4.69) is 5.32 Å². The topological polar surface area (TPSA) is 93.4 Å². The lowest BCUT2D eigenvalue weighted by molar-refractivity contribution is -0.122. The maximum atomic E-state index is 13.8. The van der Waals surface area contributed by atoms with E-state index in [0.29, 0.717) is 12.1 Å². The highest BCUT2D eigenvalue weighted by Crippen LogP contribution is 2.23. The van der Waals surface area contributed by atoms with Crippen LogP contribution in [0.4, 0.5) is 9.18 Å². The molecule has 7 heteroatoms. The van der Waals surface area contributed by atoms with Gasteiger partial charge in [-0.05, 0) is 26.8 Å². The second kappa shape index (κ2) is 7.03. The van der Waals surface area contributed by atoms with Crippen molar-refractivity contribution in [2.45, 2.75) is 32.9 Å². The Labute approximate surface area is 122 Å². The summed E-state index contributed by atoms with van der Waals surface area (Å²) in [5.74, 6) is -1.33. The van der Waals surface area contributed by atoms with Crippen molar-refractivity contribution in [3.05, 3.63) is 29.6 Å². The number of para-hydroxylation sites is 1. The molecule has 0 aliphatic carbocycles. The Bertz CT molecular complexity index is 527. The number of hydrogen-bond donors (Lipinski definition) is 3. The van der Waals surface area contributed by atoms with E-state index in [1.807, 2.05) is 26.1 Å². The Balaban J connectivity index is 2.76. The average molecular weight is 297 g/mol. The molecule has 0 heterocycles. The summed E-state index contributed by atoms with van der Waals surface area (Å²) in [5.41, 5.74) is 5.24. The van der Waals surface area contributed by atoms with Crippen molar-refractivity contribution >= 4 is 11.9 Å². The molecular formula is C14H20FN3O3. The fourth-order valence-electron chi connectivity index (χ4n) is 1.53. The molecule has 0 radical (unpaired) electrons. The molecule has 4 N–H and O–H groups in total. The molecule has 0 bridgehead atoms. The average Bonchev–Trinajstić information content (AvgIpc) is 2.33. The number of amides is 3. The molecule has 0 aliphatic heterocycles. The van der Waals surface area contributed by atoms with Gasteiger partial charge in [0.2, 0.25) is 0 Å². The third-order valence-corrected chi connectivity index (χ3v) is 2.47.